The van der Waals surface area contributed by atoms with Crippen molar-refractivity contribution in [3.63, 3.8) is 0 Å². The predicted octanol–water partition coefficient (Wildman–Crippen LogP) is 6.71. The Bertz CT molecular complexity index is 1420. The van der Waals surface area contributed by atoms with Crippen molar-refractivity contribution in [2.24, 2.45) is 0 Å². The first-order valence-electron chi connectivity index (χ1n) is 11.2. The summed E-state index contributed by atoms with van der Waals surface area (Å²) in [6, 6.07) is 14.5. The number of ether oxygens (including phenoxy) is 2. The quantitative estimate of drug-likeness (QED) is 0.240. The molecule has 3 aromatic rings. The molecule has 190 valence electrons. The van der Waals surface area contributed by atoms with Gasteiger partial charge in [0.05, 0.1) is 16.8 Å². The first-order chi connectivity index (χ1) is 17.7. The van der Waals surface area contributed by atoms with Gasteiger partial charge in [-0.05, 0) is 77.8 Å². The first-order valence-corrected chi connectivity index (χ1v) is 12.7. The fourth-order valence-electron chi connectivity index (χ4n) is 3.62. The number of benzene rings is 3. The Morgan fingerprint density at radius 3 is 2.41 bits per heavy atom. The Morgan fingerprint density at radius 2 is 1.73 bits per heavy atom. The Hall–Kier alpha value is -3.33. The van der Waals surface area contributed by atoms with Gasteiger partial charge in [-0.15, -0.1) is 0 Å². The van der Waals surface area contributed by atoms with E-state index >= 15 is 0 Å². The standard InChI is InChI=1S/C27H21BrCl2N2O5/c1-3-36-23-12-16(11-21(28)24(23)37-14-17-6-7-18(29)13-22(17)30)10-20-25(33)31-27(35)32(26(20)34)19-8-4-15(2)5-9-19/h4-13H,3,14H2,1-2H3,(H,31,33,35)/b20-10+. The van der Waals surface area contributed by atoms with Gasteiger partial charge in [0.25, 0.3) is 11.8 Å². The third kappa shape index (κ3) is 5.98. The number of aryl methyl sites for hydroxylation is 1. The Labute approximate surface area is 232 Å². The van der Waals surface area contributed by atoms with Crippen LogP contribution in [0.25, 0.3) is 6.08 Å². The molecule has 0 spiro atoms. The lowest BCUT2D eigenvalue weighted by atomic mass is 10.1. The van der Waals surface area contributed by atoms with E-state index in [9.17, 15) is 14.4 Å². The van der Waals surface area contributed by atoms with Crippen molar-refractivity contribution < 1.29 is 23.9 Å². The molecule has 37 heavy (non-hydrogen) atoms. The molecule has 1 heterocycles. The summed E-state index contributed by atoms with van der Waals surface area (Å²) >= 11 is 15.7. The lowest BCUT2D eigenvalue weighted by Gasteiger charge is -2.26. The van der Waals surface area contributed by atoms with Gasteiger partial charge in [-0.2, -0.15) is 0 Å². The Balaban J connectivity index is 1.66. The van der Waals surface area contributed by atoms with Crippen LogP contribution in [-0.2, 0) is 16.2 Å². The number of urea groups is 1. The SMILES string of the molecule is CCOc1cc(/C=C2\C(=O)NC(=O)N(c3ccc(C)cc3)C2=O)cc(Br)c1OCc1ccc(Cl)cc1Cl. The summed E-state index contributed by atoms with van der Waals surface area (Å²) in [4.78, 5) is 39.2. The number of nitrogens with zero attached hydrogens (tertiary/aromatic N) is 1. The summed E-state index contributed by atoms with van der Waals surface area (Å²) in [6.07, 6.45) is 1.40. The van der Waals surface area contributed by atoms with Gasteiger partial charge in [0.2, 0.25) is 0 Å². The number of halogens is 3. The molecular weight excluding hydrogens is 583 g/mol. The molecule has 0 radical (unpaired) electrons. The predicted molar refractivity (Wildman–Crippen MR) is 146 cm³/mol. The van der Waals surface area contributed by atoms with Gasteiger partial charge in [-0.1, -0.05) is 47.0 Å². The highest BCUT2D eigenvalue weighted by Gasteiger charge is 2.36. The lowest BCUT2D eigenvalue weighted by Crippen LogP contribution is -2.54. The highest BCUT2D eigenvalue weighted by atomic mass is 79.9. The molecule has 4 amide bonds. The molecule has 0 saturated carbocycles. The van der Waals surface area contributed by atoms with Crippen LogP contribution in [0, 0.1) is 6.92 Å². The molecule has 0 atom stereocenters. The van der Waals surface area contributed by atoms with Gasteiger partial charge >= 0.3 is 6.03 Å². The summed E-state index contributed by atoms with van der Waals surface area (Å²) in [6.45, 7) is 4.22. The maximum atomic E-state index is 13.2. The Kier molecular flexibility index (Phi) is 8.22. The number of carbonyl (C=O) groups excluding carboxylic acids is 3. The van der Waals surface area contributed by atoms with E-state index in [0.29, 0.717) is 43.9 Å². The van der Waals surface area contributed by atoms with Crippen molar-refractivity contribution in [2.75, 3.05) is 11.5 Å². The number of amides is 4. The molecule has 1 aliphatic heterocycles. The van der Waals surface area contributed by atoms with Crippen LogP contribution in [0.5, 0.6) is 11.5 Å². The van der Waals surface area contributed by atoms with E-state index in [0.717, 1.165) is 16.0 Å². The maximum absolute atomic E-state index is 13.2. The van der Waals surface area contributed by atoms with Gasteiger partial charge in [-0.25, -0.2) is 9.69 Å². The number of rotatable bonds is 7. The minimum absolute atomic E-state index is 0.156. The molecule has 4 rings (SSSR count). The summed E-state index contributed by atoms with van der Waals surface area (Å²) in [5, 5.41) is 3.22. The molecule has 0 bridgehead atoms. The van der Waals surface area contributed by atoms with Gasteiger partial charge in [-0.3, -0.25) is 14.9 Å². The number of anilines is 1. The van der Waals surface area contributed by atoms with Gasteiger partial charge in [0, 0.05) is 15.6 Å². The molecule has 1 aliphatic rings. The van der Waals surface area contributed by atoms with Crippen molar-refractivity contribution in [3.8, 4) is 11.5 Å². The smallest absolute Gasteiger partial charge is 0.335 e. The van der Waals surface area contributed by atoms with Gasteiger partial charge in [0.15, 0.2) is 11.5 Å². The number of carbonyl (C=O) groups is 3. The van der Waals surface area contributed by atoms with Crippen LogP contribution in [0.2, 0.25) is 10.0 Å². The Morgan fingerprint density at radius 1 is 1.00 bits per heavy atom. The third-order valence-corrected chi connectivity index (χ3v) is 6.60. The molecule has 1 N–H and O–H groups in total. The molecule has 0 aliphatic carbocycles. The largest absolute Gasteiger partial charge is 0.490 e. The molecule has 3 aromatic carbocycles. The second-order valence-corrected chi connectivity index (χ2v) is 9.78. The van der Waals surface area contributed by atoms with Gasteiger partial charge in [0.1, 0.15) is 12.2 Å². The molecule has 0 aromatic heterocycles. The molecule has 1 saturated heterocycles. The normalized spacial score (nSPS) is 14.7. The monoisotopic (exact) mass is 602 g/mol. The minimum Gasteiger partial charge on any atom is -0.490 e. The topological polar surface area (TPSA) is 84.9 Å². The third-order valence-electron chi connectivity index (χ3n) is 5.42. The zero-order chi connectivity index (χ0) is 26.7. The van der Waals surface area contributed by atoms with Crippen LogP contribution in [0.4, 0.5) is 10.5 Å². The van der Waals surface area contributed by atoms with E-state index in [4.69, 9.17) is 32.7 Å². The van der Waals surface area contributed by atoms with Crippen molar-refractivity contribution in [1.82, 2.24) is 5.32 Å². The summed E-state index contributed by atoms with van der Waals surface area (Å²) in [5.74, 6) is -0.704. The lowest BCUT2D eigenvalue weighted by molar-refractivity contribution is -0.122. The van der Waals surface area contributed by atoms with Crippen molar-refractivity contribution in [3.05, 3.63) is 91.4 Å². The number of nitrogens with one attached hydrogen (secondary N) is 1. The van der Waals surface area contributed by atoms with Crippen LogP contribution in [0.15, 0.2) is 64.6 Å². The molecule has 0 unspecified atom stereocenters. The second kappa shape index (κ2) is 11.4. The van der Waals surface area contributed by atoms with Crippen LogP contribution >= 0.6 is 39.1 Å². The number of hydrogen-bond acceptors (Lipinski definition) is 5. The van der Waals surface area contributed by atoms with E-state index in [-0.39, 0.29) is 12.2 Å². The number of hydrogen-bond donors (Lipinski definition) is 1. The van der Waals surface area contributed by atoms with Crippen LogP contribution in [0.3, 0.4) is 0 Å². The zero-order valence-electron chi connectivity index (χ0n) is 19.8. The highest BCUT2D eigenvalue weighted by molar-refractivity contribution is 9.10. The van der Waals surface area contributed by atoms with Crippen LogP contribution in [-0.4, -0.2) is 24.5 Å². The molecule has 7 nitrogen and oxygen atoms in total. The van der Waals surface area contributed by atoms with E-state index in [1.165, 1.54) is 6.08 Å². The fraction of sp³-hybridized carbons (Fsp3) is 0.148. The van der Waals surface area contributed by atoms with Crippen molar-refractivity contribution in [2.45, 2.75) is 20.5 Å². The van der Waals surface area contributed by atoms with Gasteiger partial charge < -0.3 is 9.47 Å². The summed E-state index contributed by atoms with van der Waals surface area (Å²) < 4.78 is 12.3. The van der Waals surface area contributed by atoms with Crippen LogP contribution in [0.1, 0.15) is 23.6 Å². The van der Waals surface area contributed by atoms with E-state index in [2.05, 4.69) is 21.2 Å². The average Bonchev–Trinajstić information content (AvgIpc) is 2.83. The van der Waals surface area contributed by atoms with Crippen molar-refractivity contribution >= 4 is 68.7 Å². The zero-order valence-corrected chi connectivity index (χ0v) is 22.9. The van der Waals surface area contributed by atoms with Crippen LogP contribution < -0.4 is 19.7 Å². The molecule has 1 fully saturated rings. The summed E-state index contributed by atoms with van der Waals surface area (Å²) in [7, 11) is 0. The second-order valence-electron chi connectivity index (χ2n) is 8.08. The average molecular weight is 604 g/mol. The highest BCUT2D eigenvalue weighted by Crippen LogP contribution is 2.39. The minimum atomic E-state index is -0.809. The summed E-state index contributed by atoms with van der Waals surface area (Å²) in [5.41, 5.74) is 2.35. The molecule has 10 heteroatoms. The molecular formula is C27H21BrCl2N2O5. The van der Waals surface area contributed by atoms with E-state index in [1.807, 2.05) is 13.8 Å². The van der Waals surface area contributed by atoms with E-state index in [1.54, 1.807) is 54.6 Å². The fourth-order valence-corrected chi connectivity index (χ4v) is 4.65. The number of imide groups is 2. The maximum Gasteiger partial charge on any atom is 0.335 e. The van der Waals surface area contributed by atoms with Crippen molar-refractivity contribution in [1.29, 1.82) is 0 Å². The number of barbiturate groups is 1. The van der Waals surface area contributed by atoms with E-state index < -0.39 is 17.8 Å². The first kappa shape index (κ1) is 26.7.